The summed E-state index contributed by atoms with van der Waals surface area (Å²) < 4.78 is 0. The number of rotatable bonds is 7. The van der Waals surface area contributed by atoms with Crippen molar-refractivity contribution in [1.29, 1.82) is 0 Å². The molecule has 0 atom stereocenters. The van der Waals surface area contributed by atoms with Gasteiger partial charge in [0.25, 0.3) is 11.8 Å². The lowest BCUT2D eigenvalue weighted by Crippen LogP contribution is -2.26. The molecule has 1 aromatic heterocycles. The summed E-state index contributed by atoms with van der Waals surface area (Å²) in [4.78, 5) is 24.7. The van der Waals surface area contributed by atoms with Crippen molar-refractivity contribution >= 4 is 28.8 Å². The van der Waals surface area contributed by atoms with Crippen LogP contribution in [0.3, 0.4) is 0 Å². The van der Waals surface area contributed by atoms with Crippen molar-refractivity contribution in [2.24, 2.45) is 0 Å². The molecule has 0 bridgehead atoms. The molecule has 2 amide bonds. The lowest BCUT2D eigenvalue weighted by molar-refractivity contribution is 0.0952. The van der Waals surface area contributed by atoms with Gasteiger partial charge in [-0.3, -0.25) is 9.59 Å². The first-order valence-corrected chi connectivity index (χ1v) is 7.96. The molecule has 2 rings (SSSR count). The Hall–Kier alpha value is -2.18. The van der Waals surface area contributed by atoms with Gasteiger partial charge < -0.3 is 16.0 Å². The summed E-state index contributed by atoms with van der Waals surface area (Å²) in [5.41, 5.74) is 1.15. The molecule has 0 saturated carbocycles. The van der Waals surface area contributed by atoms with E-state index in [9.17, 15) is 9.59 Å². The van der Waals surface area contributed by atoms with E-state index in [0.29, 0.717) is 22.7 Å². The highest BCUT2D eigenvalue weighted by Crippen LogP contribution is 2.14. The molecule has 0 aliphatic rings. The molecule has 22 heavy (non-hydrogen) atoms. The number of carbonyl (C=O) groups is 2. The van der Waals surface area contributed by atoms with Crippen LogP contribution in [0.5, 0.6) is 0 Å². The summed E-state index contributed by atoms with van der Waals surface area (Å²) >= 11 is 1.38. The van der Waals surface area contributed by atoms with Gasteiger partial charge in [0.15, 0.2) is 0 Å². The van der Waals surface area contributed by atoms with E-state index >= 15 is 0 Å². The van der Waals surface area contributed by atoms with Gasteiger partial charge in [-0.15, -0.1) is 11.3 Å². The number of nitrogens with one attached hydrogen (secondary N) is 3. The van der Waals surface area contributed by atoms with Crippen LogP contribution in [0.4, 0.5) is 5.69 Å². The lowest BCUT2D eigenvalue weighted by atomic mass is 10.2. The first-order valence-electron chi connectivity index (χ1n) is 7.08. The molecule has 0 unspecified atom stereocenters. The van der Waals surface area contributed by atoms with Gasteiger partial charge in [0.2, 0.25) is 0 Å². The van der Waals surface area contributed by atoms with Gasteiger partial charge in [-0.25, -0.2) is 0 Å². The number of hydrogen-bond acceptors (Lipinski definition) is 4. The molecular weight excluding hydrogens is 298 g/mol. The van der Waals surface area contributed by atoms with E-state index in [1.54, 1.807) is 30.3 Å². The third kappa shape index (κ3) is 4.68. The Morgan fingerprint density at radius 1 is 1.09 bits per heavy atom. The van der Waals surface area contributed by atoms with Gasteiger partial charge in [0.1, 0.15) is 0 Å². The molecule has 6 heteroatoms. The quantitative estimate of drug-likeness (QED) is 0.687. The van der Waals surface area contributed by atoms with Gasteiger partial charge in [-0.2, -0.15) is 0 Å². The predicted molar refractivity (Wildman–Crippen MR) is 89.6 cm³/mol. The van der Waals surface area contributed by atoms with Crippen LogP contribution in [0.25, 0.3) is 0 Å². The second-order valence-corrected chi connectivity index (χ2v) is 5.67. The fourth-order valence-corrected chi connectivity index (χ4v) is 2.53. The van der Waals surface area contributed by atoms with Crippen LogP contribution in [-0.4, -0.2) is 32.0 Å². The van der Waals surface area contributed by atoms with Gasteiger partial charge in [0.05, 0.1) is 4.88 Å². The van der Waals surface area contributed by atoms with Crippen molar-refractivity contribution in [3.8, 4) is 0 Å². The molecule has 0 spiro atoms. The van der Waals surface area contributed by atoms with Crippen LogP contribution >= 0.6 is 11.3 Å². The third-order valence-corrected chi connectivity index (χ3v) is 3.89. The number of amides is 2. The summed E-state index contributed by atoms with van der Waals surface area (Å²) in [6.07, 6.45) is 0.872. The Bertz CT molecular complexity index is 626. The smallest absolute Gasteiger partial charge is 0.265 e. The molecule has 0 aliphatic carbocycles. The van der Waals surface area contributed by atoms with Crippen LogP contribution < -0.4 is 16.0 Å². The zero-order chi connectivity index (χ0) is 15.8. The zero-order valence-corrected chi connectivity index (χ0v) is 13.2. The first-order chi connectivity index (χ1) is 10.7. The molecule has 0 aliphatic heterocycles. The normalized spacial score (nSPS) is 10.2. The van der Waals surface area contributed by atoms with Crippen molar-refractivity contribution in [3.63, 3.8) is 0 Å². The maximum Gasteiger partial charge on any atom is 0.265 e. The Balaban J connectivity index is 1.94. The van der Waals surface area contributed by atoms with Crippen LogP contribution in [0, 0.1) is 0 Å². The molecular formula is C16H19N3O2S. The van der Waals surface area contributed by atoms with Gasteiger partial charge in [-0.05, 0) is 49.7 Å². The van der Waals surface area contributed by atoms with Crippen LogP contribution in [0.15, 0.2) is 41.8 Å². The van der Waals surface area contributed by atoms with E-state index in [0.717, 1.165) is 13.0 Å². The standard InChI is InChI=1S/C16H19N3O2S/c1-17-8-4-9-18-15(20)12-5-2-6-13(11-12)19-16(21)14-7-3-10-22-14/h2-3,5-7,10-11,17H,4,8-9H2,1H3,(H,18,20)(H,19,21). The summed E-state index contributed by atoms with van der Waals surface area (Å²) in [6.45, 7) is 1.47. The van der Waals surface area contributed by atoms with Crippen molar-refractivity contribution in [2.45, 2.75) is 6.42 Å². The van der Waals surface area contributed by atoms with Gasteiger partial charge in [-0.1, -0.05) is 12.1 Å². The molecule has 0 fully saturated rings. The van der Waals surface area contributed by atoms with Crippen molar-refractivity contribution in [2.75, 3.05) is 25.5 Å². The van der Waals surface area contributed by atoms with Gasteiger partial charge >= 0.3 is 0 Å². The predicted octanol–water partition coefficient (Wildman–Crippen LogP) is 2.34. The maximum absolute atomic E-state index is 12.0. The SMILES string of the molecule is CNCCCNC(=O)c1cccc(NC(=O)c2cccs2)c1. The fraction of sp³-hybridized carbons (Fsp3) is 0.250. The Morgan fingerprint density at radius 2 is 1.95 bits per heavy atom. The second-order valence-electron chi connectivity index (χ2n) is 4.73. The van der Waals surface area contributed by atoms with E-state index in [-0.39, 0.29) is 11.8 Å². The molecule has 5 nitrogen and oxygen atoms in total. The minimum Gasteiger partial charge on any atom is -0.352 e. The molecule has 1 heterocycles. The molecule has 2 aromatic rings. The minimum absolute atomic E-state index is 0.136. The summed E-state index contributed by atoms with van der Waals surface area (Å²) in [5.74, 6) is -0.301. The molecule has 0 radical (unpaired) electrons. The molecule has 0 saturated heterocycles. The Morgan fingerprint density at radius 3 is 2.68 bits per heavy atom. The van der Waals surface area contributed by atoms with E-state index in [2.05, 4.69) is 16.0 Å². The van der Waals surface area contributed by atoms with E-state index in [1.165, 1.54) is 11.3 Å². The topological polar surface area (TPSA) is 70.2 Å². The number of hydrogen-bond donors (Lipinski definition) is 3. The highest BCUT2D eigenvalue weighted by Gasteiger charge is 2.09. The fourth-order valence-electron chi connectivity index (χ4n) is 1.91. The van der Waals surface area contributed by atoms with E-state index in [4.69, 9.17) is 0 Å². The third-order valence-electron chi connectivity index (χ3n) is 3.02. The number of thiophene rings is 1. The Labute approximate surface area is 133 Å². The largest absolute Gasteiger partial charge is 0.352 e. The zero-order valence-electron chi connectivity index (χ0n) is 12.4. The van der Waals surface area contributed by atoms with Crippen molar-refractivity contribution < 1.29 is 9.59 Å². The van der Waals surface area contributed by atoms with Crippen molar-refractivity contribution in [1.82, 2.24) is 10.6 Å². The number of carbonyl (C=O) groups excluding carboxylic acids is 2. The maximum atomic E-state index is 12.0. The molecule has 1 aromatic carbocycles. The second kappa shape index (κ2) is 8.31. The Kier molecular flexibility index (Phi) is 6.12. The highest BCUT2D eigenvalue weighted by molar-refractivity contribution is 7.12. The average molecular weight is 317 g/mol. The van der Waals surface area contributed by atoms with Crippen molar-refractivity contribution in [3.05, 3.63) is 52.2 Å². The van der Waals surface area contributed by atoms with Crippen LogP contribution in [0.2, 0.25) is 0 Å². The van der Waals surface area contributed by atoms with E-state index in [1.807, 2.05) is 18.5 Å². The average Bonchev–Trinajstić information content (AvgIpc) is 3.06. The number of anilines is 1. The summed E-state index contributed by atoms with van der Waals surface area (Å²) in [5, 5.41) is 10.5. The lowest BCUT2D eigenvalue weighted by Gasteiger charge is -2.08. The highest BCUT2D eigenvalue weighted by atomic mass is 32.1. The van der Waals surface area contributed by atoms with Crippen LogP contribution in [-0.2, 0) is 0 Å². The monoisotopic (exact) mass is 317 g/mol. The van der Waals surface area contributed by atoms with Crippen LogP contribution in [0.1, 0.15) is 26.5 Å². The molecule has 116 valence electrons. The summed E-state index contributed by atoms with van der Waals surface area (Å²) in [6, 6.07) is 10.5. The number of benzene rings is 1. The summed E-state index contributed by atoms with van der Waals surface area (Å²) in [7, 11) is 1.88. The first kappa shape index (κ1) is 16.2. The minimum atomic E-state index is -0.165. The van der Waals surface area contributed by atoms with Gasteiger partial charge in [0, 0.05) is 17.8 Å². The van der Waals surface area contributed by atoms with E-state index < -0.39 is 0 Å². The molecule has 3 N–H and O–H groups in total.